The van der Waals surface area contributed by atoms with Gasteiger partial charge >= 0.3 is 0 Å². The van der Waals surface area contributed by atoms with Crippen molar-refractivity contribution >= 4 is 38.4 Å². The molecule has 0 fully saturated rings. The lowest BCUT2D eigenvalue weighted by Gasteiger charge is -2.03. The summed E-state index contributed by atoms with van der Waals surface area (Å²) in [6.07, 6.45) is 0. The van der Waals surface area contributed by atoms with E-state index in [4.69, 9.17) is 20.9 Å². The molecule has 2 heterocycles. The van der Waals surface area contributed by atoms with Crippen LogP contribution in [-0.4, -0.2) is 17.3 Å². The van der Waals surface area contributed by atoms with Gasteiger partial charge < -0.3 is 9.26 Å². The second-order valence-electron chi connectivity index (χ2n) is 5.47. The van der Waals surface area contributed by atoms with E-state index < -0.39 is 0 Å². The molecule has 0 aliphatic carbocycles. The molecule has 0 radical (unpaired) electrons. The van der Waals surface area contributed by atoms with E-state index in [1.807, 2.05) is 54.6 Å². The summed E-state index contributed by atoms with van der Waals surface area (Å²) in [6.45, 7) is 0. The van der Waals surface area contributed by atoms with E-state index in [9.17, 15) is 0 Å². The number of ether oxygens (including phenoxy) is 1. The second-order valence-corrected chi connectivity index (χ2v) is 6.74. The molecule has 4 nitrogen and oxygen atoms in total. The van der Waals surface area contributed by atoms with Crippen molar-refractivity contribution in [2.24, 2.45) is 0 Å². The Labute approximate surface area is 157 Å². The molecule has 6 heteroatoms. The van der Waals surface area contributed by atoms with Crippen LogP contribution in [0.2, 0.25) is 5.15 Å². The molecule has 2 aromatic heterocycles. The number of hydrogen-bond donors (Lipinski definition) is 0. The van der Waals surface area contributed by atoms with E-state index in [0.29, 0.717) is 16.5 Å². The van der Waals surface area contributed by atoms with Crippen LogP contribution in [0.25, 0.3) is 33.5 Å². The smallest absolute Gasteiger partial charge is 0.170 e. The zero-order chi connectivity index (χ0) is 17.4. The van der Waals surface area contributed by atoms with E-state index in [2.05, 4.69) is 26.1 Å². The molecule has 25 heavy (non-hydrogen) atoms. The average Bonchev–Trinajstić information content (AvgIpc) is 3.11. The lowest BCUT2D eigenvalue weighted by Crippen LogP contribution is -1.85. The third-order valence-corrected chi connectivity index (χ3v) is 4.67. The van der Waals surface area contributed by atoms with E-state index in [1.165, 1.54) is 0 Å². The highest BCUT2D eigenvalue weighted by atomic mass is 79.9. The SMILES string of the molecule is COc1ccc(-c2cc(-c3cc4cc(Br)ccc4nc3Cl)on2)cc1. The maximum absolute atomic E-state index is 6.35. The molecule has 0 bridgehead atoms. The van der Waals surface area contributed by atoms with Gasteiger partial charge in [0.2, 0.25) is 0 Å². The number of pyridine rings is 1. The van der Waals surface area contributed by atoms with E-state index in [-0.39, 0.29) is 0 Å². The average molecular weight is 416 g/mol. The van der Waals surface area contributed by atoms with Gasteiger partial charge in [-0.2, -0.15) is 0 Å². The fraction of sp³-hybridized carbons (Fsp3) is 0.0526. The molecular formula is C19H12BrClN2O2. The summed E-state index contributed by atoms with van der Waals surface area (Å²) in [5, 5.41) is 5.50. The second kappa shape index (κ2) is 6.50. The summed E-state index contributed by atoms with van der Waals surface area (Å²) >= 11 is 9.82. The lowest BCUT2D eigenvalue weighted by molar-refractivity contribution is 0.415. The molecule has 0 saturated heterocycles. The summed E-state index contributed by atoms with van der Waals surface area (Å²) in [5.74, 6) is 1.37. The van der Waals surface area contributed by atoms with Gasteiger partial charge in [0.05, 0.1) is 18.2 Å². The minimum atomic E-state index is 0.382. The Morgan fingerprint density at radius 3 is 2.60 bits per heavy atom. The third kappa shape index (κ3) is 3.13. The van der Waals surface area contributed by atoms with Crippen molar-refractivity contribution in [3.05, 3.63) is 64.2 Å². The minimum absolute atomic E-state index is 0.382. The van der Waals surface area contributed by atoms with Crippen molar-refractivity contribution in [2.75, 3.05) is 7.11 Å². The Morgan fingerprint density at radius 1 is 1.04 bits per heavy atom. The lowest BCUT2D eigenvalue weighted by atomic mass is 10.1. The first-order valence-corrected chi connectivity index (χ1v) is 8.68. The van der Waals surface area contributed by atoms with Gasteiger partial charge in [0, 0.05) is 21.5 Å². The normalized spacial score (nSPS) is 11.0. The Morgan fingerprint density at radius 2 is 1.84 bits per heavy atom. The number of rotatable bonds is 3. The van der Waals surface area contributed by atoms with Crippen LogP contribution >= 0.6 is 27.5 Å². The third-order valence-electron chi connectivity index (χ3n) is 3.89. The van der Waals surface area contributed by atoms with Crippen LogP contribution in [0.3, 0.4) is 0 Å². The molecule has 0 saturated carbocycles. The first-order chi connectivity index (χ1) is 12.1. The van der Waals surface area contributed by atoms with Crippen molar-refractivity contribution in [1.82, 2.24) is 10.1 Å². The number of halogens is 2. The summed E-state index contributed by atoms with van der Waals surface area (Å²) < 4.78 is 11.7. The van der Waals surface area contributed by atoms with Crippen LogP contribution in [-0.2, 0) is 0 Å². The molecule has 0 spiro atoms. The minimum Gasteiger partial charge on any atom is -0.497 e. The molecule has 0 aliphatic heterocycles. The highest BCUT2D eigenvalue weighted by molar-refractivity contribution is 9.10. The molecule has 0 amide bonds. The van der Waals surface area contributed by atoms with Crippen molar-refractivity contribution in [3.63, 3.8) is 0 Å². The zero-order valence-corrected chi connectivity index (χ0v) is 15.5. The van der Waals surface area contributed by atoms with Gasteiger partial charge in [0.25, 0.3) is 0 Å². The molecule has 0 N–H and O–H groups in total. The Kier molecular flexibility index (Phi) is 4.19. The first-order valence-electron chi connectivity index (χ1n) is 7.51. The van der Waals surface area contributed by atoms with Crippen LogP contribution < -0.4 is 4.74 Å². The van der Waals surface area contributed by atoms with Gasteiger partial charge in [-0.1, -0.05) is 32.7 Å². The number of benzene rings is 2. The quantitative estimate of drug-likeness (QED) is 0.386. The molecule has 0 unspecified atom stereocenters. The summed E-state index contributed by atoms with van der Waals surface area (Å²) in [7, 11) is 1.64. The van der Waals surface area contributed by atoms with Crippen molar-refractivity contribution < 1.29 is 9.26 Å². The first kappa shape index (κ1) is 16.1. The van der Waals surface area contributed by atoms with Crippen LogP contribution in [0.1, 0.15) is 0 Å². The predicted octanol–water partition coefficient (Wildman–Crippen LogP) is 5.98. The van der Waals surface area contributed by atoms with E-state index in [1.54, 1.807) is 7.11 Å². The Balaban J connectivity index is 1.76. The summed E-state index contributed by atoms with van der Waals surface area (Å²) in [4.78, 5) is 4.44. The fourth-order valence-corrected chi connectivity index (χ4v) is 3.21. The van der Waals surface area contributed by atoms with E-state index >= 15 is 0 Å². The van der Waals surface area contributed by atoms with Gasteiger partial charge in [0.15, 0.2) is 5.76 Å². The van der Waals surface area contributed by atoms with Gasteiger partial charge in [-0.15, -0.1) is 0 Å². The topological polar surface area (TPSA) is 48.2 Å². The van der Waals surface area contributed by atoms with Crippen LogP contribution in [0.15, 0.2) is 63.6 Å². The molecule has 0 atom stereocenters. The molecule has 124 valence electrons. The van der Waals surface area contributed by atoms with Crippen molar-refractivity contribution in [3.8, 4) is 28.3 Å². The maximum atomic E-state index is 6.35. The maximum Gasteiger partial charge on any atom is 0.170 e. The summed E-state index contributed by atoms with van der Waals surface area (Å²) in [5.41, 5.74) is 3.19. The molecule has 4 rings (SSSR count). The standard InChI is InChI=1S/C19H12BrClN2O2/c1-24-14-5-2-11(3-6-14)17-10-18(25-23-17)15-9-12-8-13(20)4-7-16(12)22-19(15)21/h2-10H,1H3. The number of methoxy groups -OCH3 is 1. The monoisotopic (exact) mass is 414 g/mol. The predicted molar refractivity (Wildman–Crippen MR) is 102 cm³/mol. The highest BCUT2D eigenvalue weighted by Gasteiger charge is 2.14. The summed E-state index contributed by atoms with van der Waals surface area (Å²) in [6, 6.07) is 17.3. The van der Waals surface area contributed by atoms with Crippen molar-refractivity contribution in [1.29, 1.82) is 0 Å². The molecular weight excluding hydrogens is 404 g/mol. The van der Waals surface area contributed by atoms with Crippen LogP contribution in [0, 0.1) is 0 Å². The van der Waals surface area contributed by atoms with Gasteiger partial charge in [-0.3, -0.25) is 0 Å². The number of nitrogens with zero attached hydrogens (tertiary/aromatic N) is 2. The van der Waals surface area contributed by atoms with Gasteiger partial charge in [0.1, 0.15) is 16.6 Å². The van der Waals surface area contributed by atoms with E-state index in [0.717, 1.165) is 32.4 Å². The van der Waals surface area contributed by atoms with Gasteiger partial charge in [-0.05, 0) is 48.5 Å². The molecule has 0 aliphatic rings. The number of fused-ring (bicyclic) bond motifs is 1. The van der Waals surface area contributed by atoms with Crippen LogP contribution in [0.5, 0.6) is 5.75 Å². The Bertz CT molecular complexity index is 1060. The van der Waals surface area contributed by atoms with Crippen molar-refractivity contribution in [2.45, 2.75) is 0 Å². The highest BCUT2D eigenvalue weighted by Crippen LogP contribution is 2.33. The Hall–Kier alpha value is -2.37. The van der Waals surface area contributed by atoms with Gasteiger partial charge in [-0.25, -0.2) is 4.98 Å². The number of aromatic nitrogens is 2. The fourth-order valence-electron chi connectivity index (χ4n) is 2.60. The molecule has 4 aromatic rings. The number of hydrogen-bond acceptors (Lipinski definition) is 4. The zero-order valence-electron chi connectivity index (χ0n) is 13.2. The largest absolute Gasteiger partial charge is 0.497 e. The molecule has 2 aromatic carbocycles. The van der Waals surface area contributed by atoms with Crippen LogP contribution in [0.4, 0.5) is 0 Å².